The number of pyridine rings is 1. The van der Waals surface area contributed by atoms with Crippen LogP contribution >= 0.6 is 11.6 Å². The third kappa shape index (κ3) is 2.22. The molecule has 2 aromatic rings. The topological polar surface area (TPSA) is 84.1 Å². The van der Waals surface area contributed by atoms with E-state index in [1.54, 1.807) is 12.1 Å². The fourth-order valence-corrected chi connectivity index (χ4v) is 2.01. The monoisotopic (exact) mass is 266 g/mol. The van der Waals surface area contributed by atoms with Crippen molar-refractivity contribution < 1.29 is 9.63 Å². The Hall–Kier alpha value is -1.50. The Balaban J connectivity index is 1.83. The van der Waals surface area contributed by atoms with E-state index in [1.165, 1.54) is 6.20 Å². The van der Waals surface area contributed by atoms with E-state index in [1.807, 2.05) is 0 Å². The summed E-state index contributed by atoms with van der Waals surface area (Å²) in [7, 11) is 0. The van der Waals surface area contributed by atoms with Crippen LogP contribution in [0, 0.1) is 0 Å². The fourth-order valence-electron chi connectivity index (χ4n) is 1.89. The van der Waals surface area contributed by atoms with E-state index < -0.39 is 0 Å². The summed E-state index contributed by atoms with van der Waals surface area (Å²) in [5.41, 5.74) is 0.605. The lowest BCUT2D eigenvalue weighted by Gasteiger charge is -2.01. The first-order valence-electron chi connectivity index (χ1n) is 5.59. The first-order chi connectivity index (χ1) is 8.72. The van der Waals surface area contributed by atoms with Crippen molar-refractivity contribution in [1.82, 2.24) is 20.4 Å². The molecule has 7 heteroatoms. The minimum atomic E-state index is -0.362. The van der Waals surface area contributed by atoms with Crippen molar-refractivity contribution in [2.75, 3.05) is 6.54 Å². The summed E-state index contributed by atoms with van der Waals surface area (Å²) < 4.78 is 5.17. The molecule has 2 N–H and O–H groups in total. The lowest BCUT2D eigenvalue weighted by atomic mass is 10.2. The van der Waals surface area contributed by atoms with E-state index in [9.17, 15) is 5.11 Å². The Morgan fingerprint density at radius 1 is 1.44 bits per heavy atom. The number of aliphatic hydroxyl groups excluding tert-OH is 1. The summed E-state index contributed by atoms with van der Waals surface area (Å²) in [6.07, 6.45) is 1.75. The second-order valence-electron chi connectivity index (χ2n) is 4.17. The van der Waals surface area contributed by atoms with E-state index in [2.05, 4.69) is 20.4 Å². The van der Waals surface area contributed by atoms with Gasteiger partial charge in [0.1, 0.15) is 5.69 Å². The molecule has 0 amide bonds. The normalized spacial score (nSPS) is 23.4. The van der Waals surface area contributed by atoms with Gasteiger partial charge < -0.3 is 14.9 Å². The SMILES string of the molecule is O[C@@H]1CN[C@@H](c2nc(-c3ccc(Cl)cn3)no2)C1. The molecular formula is C11H11ClN4O2. The number of β-amino-alcohol motifs (C(OH)–C–C–N with tert-alkyl or cyclic N) is 1. The van der Waals surface area contributed by atoms with Crippen LogP contribution in [0.4, 0.5) is 0 Å². The highest BCUT2D eigenvalue weighted by Gasteiger charge is 2.28. The second kappa shape index (κ2) is 4.64. The Morgan fingerprint density at radius 2 is 2.33 bits per heavy atom. The zero-order valence-corrected chi connectivity index (χ0v) is 10.1. The van der Waals surface area contributed by atoms with Crippen molar-refractivity contribution in [2.24, 2.45) is 0 Å². The van der Waals surface area contributed by atoms with Crippen LogP contribution in [0.15, 0.2) is 22.9 Å². The fraction of sp³-hybridized carbons (Fsp3) is 0.364. The number of rotatable bonds is 2. The van der Waals surface area contributed by atoms with Crippen molar-refractivity contribution in [3.8, 4) is 11.5 Å². The number of nitrogens with zero attached hydrogens (tertiary/aromatic N) is 3. The molecule has 0 saturated carbocycles. The van der Waals surface area contributed by atoms with Gasteiger partial charge in [-0.15, -0.1) is 0 Å². The molecule has 1 fully saturated rings. The molecule has 94 valence electrons. The van der Waals surface area contributed by atoms with E-state index in [0.29, 0.717) is 35.4 Å². The van der Waals surface area contributed by atoms with Gasteiger partial charge >= 0.3 is 0 Å². The second-order valence-corrected chi connectivity index (χ2v) is 4.60. The molecule has 3 heterocycles. The number of hydrogen-bond acceptors (Lipinski definition) is 6. The number of aliphatic hydroxyl groups is 1. The molecule has 6 nitrogen and oxygen atoms in total. The van der Waals surface area contributed by atoms with Crippen molar-refractivity contribution in [1.29, 1.82) is 0 Å². The summed E-state index contributed by atoms with van der Waals surface area (Å²) in [5, 5.41) is 17.0. The first-order valence-corrected chi connectivity index (χ1v) is 5.97. The van der Waals surface area contributed by atoms with Crippen LogP contribution in [-0.2, 0) is 0 Å². The molecule has 0 aromatic carbocycles. The van der Waals surface area contributed by atoms with Gasteiger partial charge in [0.2, 0.25) is 11.7 Å². The number of aromatic nitrogens is 3. The first kappa shape index (κ1) is 11.6. The van der Waals surface area contributed by atoms with Crippen molar-refractivity contribution in [3.05, 3.63) is 29.2 Å². The summed E-state index contributed by atoms with van der Waals surface area (Å²) in [5.74, 6) is 0.892. The largest absolute Gasteiger partial charge is 0.392 e. The molecule has 0 radical (unpaired) electrons. The van der Waals surface area contributed by atoms with Gasteiger partial charge in [0, 0.05) is 12.7 Å². The third-order valence-electron chi connectivity index (χ3n) is 2.80. The van der Waals surface area contributed by atoms with Gasteiger partial charge in [-0.25, -0.2) is 0 Å². The molecule has 0 bridgehead atoms. The average molecular weight is 267 g/mol. The van der Waals surface area contributed by atoms with E-state index in [-0.39, 0.29) is 12.1 Å². The van der Waals surface area contributed by atoms with Gasteiger partial charge in [-0.05, 0) is 18.6 Å². The van der Waals surface area contributed by atoms with E-state index >= 15 is 0 Å². The zero-order valence-electron chi connectivity index (χ0n) is 9.38. The van der Waals surface area contributed by atoms with Crippen molar-refractivity contribution in [3.63, 3.8) is 0 Å². The lowest BCUT2D eigenvalue weighted by molar-refractivity contribution is 0.191. The maximum Gasteiger partial charge on any atom is 0.244 e. The van der Waals surface area contributed by atoms with E-state index in [4.69, 9.17) is 16.1 Å². The molecule has 1 aliphatic rings. The van der Waals surface area contributed by atoms with Gasteiger partial charge in [-0.1, -0.05) is 16.8 Å². The highest BCUT2D eigenvalue weighted by atomic mass is 35.5. The van der Waals surface area contributed by atoms with Crippen molar-refractivity contribution >= 4 is 11.6 Å². The minimum absolute atomic E-state index is 0.0893. The Morgan fingerprint density at radius 3 is 3.00 bits per heavy atom. The molecule has 0 unspecified atom stereocenters. The van der Waals surface area contributed by atoms with Gasteiger partial charge in [0.05, 0.1) is 17.2 Å². The molecule has 3 rings (SSSR count). The van der Waals surface area contributed by atoms with Gasteiger partial charge in [-0.2, -0.15) is 4.98 Å². The van der Waals surface area contributed by atoms with Crippen LogP contribution in [0.5, 0.6) is 0 Å². The average Bonchev–Trinajstić information content (AvgIpc) is 2.98. The standard InChI is InChI=1S/C11H11ClN4O2/c12-6-1-2-8(13-4-6)10-15-11(18-16-10)9-3-7(17)5-14-9/h1-2,4,7,9,14,17H,3,5H2/t7-,9+/m0/s1. The summed E-state index contributed by atoms with van der Waals surface area (Å²) in [6.45, 7) is 0.543. The molecular weight excluding hydrogens is 256 g/mol. The van der Waals surface area contributed by atoms with Crippen LogP contribution < -0.4 is 5.32 Å². The summed E-state index contributed by atoms with van der Waals surface area (Å²) in [4.78, 5) is 8.39. The molecule has 1 saturated heterocycles. The predicted octanol–water partition coefficient (Wildman–Crippen LogP) is 1.18. The number of nitrogens with one attached hydrogen (secondary N) is 1. The highest BCUT2D eigenvalue weighted by molar-refractivity contribution is 6.30. The van der Waals surface area contributed by atoms with E-state index in [0.717, 1.165) is 0 Å². The Bertz CT molecular complexity index is 542. The molecule has 0 spiro atoms. The van der Waals surface area contributed by atoms with Gasteiger partial charge in [0.15, 0.2) is 0 Å². The summed E-state index contributed by atoms with van der Waals surface area (Å²) in [6, 6.07) is 3.36. The van der Waals surface area contributed by atoms with Crippen LogP contribution in [0.25, 0.3) is 11.5 Å². The molecule has 0 aliphatic carbocycles. The maximum atomic E-state index is 9.44. The zero-order chi connectivity index (χ0) is 12.5. The smallest absolute Gasteiger partial charge is 0.244 e. The predicted molar refractivity (Wildman–Crippen MR) is 63.9 cm³/mol. The lowest BCUT2D eigenvalue weighted by Crippen LogP contribution is -2.15. The van der Waals surface area contributed by atoms with Crippen molar-refractivity contribution in [2.45, 2.75) is 18.6 Å². The molecule has 2 atom stereocenters. The minimum Gasteiger partial charge on any atom is -0.392 e. The van der Waals surface area contributed by atoms with Crippen LogP contribution in [0.1, 0.15) is 18.4 Å². The summed E-state index contributed by atoms with van der Waals surface area (Å²) >= 11 is 5.76. The molecule has 2 aromatic heterocycles. The van der Waals surface area contributed by atoms with Crippen LogP contribution in [-0.4, -0.2) is 32.9 Å². The molecule has 18 heavy (non-hydrogen) atoms. The van der Waals surface area contributed by atoms with Crippen LogP contribution in [0.3, 0.4) is 0 Å². The third-order valence-corrected chi connectivity index (χ3v) is 3.03. The number of hydrogen-bond donors (Lipinski definition) is 2. The number of halogens is 1. The van der Waals surface area contributed by atoms with Crippen LogP contribution in [0.2, 0.25) is 5.02 Å². The van der Waals surface area contributed by atoms with Gasteiger partial charge in [0.25, 0.3) is 0 Å². The Kier molecular flexibility index (Phi) is 2.99. The highest BCUT2D eigenvalue weighted by Crippen LogP contribution is 2.24. The maximum absolute atomic E-state index is 9.44. The van der Waals surface area contributed by atoms with Gasteiger partial charge in [-0.3, -0.25) is 4.98 Å². The molecule has 1 aliphatic heterocycles. The Labute approximate surface area is 108 Å². The quantitative estimate of drug-likeness (QED) is 0.849.